The molecule has 1 aromatic carbocycles. The first kappa shape index (κ1) is 8.50. The highest BCUT2D eigenvalue weighted by atomic mass is 79.9. The molecule has 0 saturated heterocycles. The quantitative estimate of drug-likeness (QED) is 0.658. The van der Waals surface area contributed by atoms with Crippen LogP contribution in [0.15, 0.2) is 16.6 Å². The largest absolute Gasteiger partial charge is 0.455 e. The van der Waals surface area contributed by atoms with E-state index in [1.807, 2.05) is 0 Å². The van der Waals surface area contributed by atoms with Crippen molar-refractivity contribution in [2.24, 2.45) is 0 Å². The first-order chi connectivity index (χ1) is 6.20. The Hall–Kier alpha value is -1.10. The lowest BCUT2D eigenvalue weighted by molar-refractivity contribution is 0.00369. The summed E-state index contributed by atoms with van der Waals surface area (Å²) in [5.74, 6) is -1.13. The molecule has 0 saturated carbocycles. The lowest BCUT2D eigenvalue weighted by Gasteiger charge is -2.17. The van der Waals surface area contributed by atoms with E-state index >= 15 is 0 Å². The van der Waals surface area contributed by atoms with Gasteiger partial charge in [0.05, 0.1) is 4.47 Å². The van der Waals surface area contributed by atoms with Crippen molar-refractivity contribution < 1.29 is 18.7 Å². The number of esters is 1. The van der Waals surface area contributed by atoms with Gasteiger partial charge in [-0.05, 0) is 28.1 Å². The molecular formula is C8H4BrFO3. The van der Waals surface area contributed by atoms with E-state index in [0.29, 0.717) is 4.47 Å². The van der Waals surface area contributed by atoms with Crippen molar-refractivity contribution >= 4 is 21.9 Å². The molecule has 13 heavy (non-hydrogen) atoms. The van der Waals surface area contributed by atoms with Crippen LogP contribution in [0.3, 0.4) is 0 Å². The normalized spacial score (nSPS) is 14.5. The number of carbonyl (C=O) groups excluding carboxylic acids is 1. The van der Waals surface area contributed by atoms with Crippen LogP contribution in [0.5, 0.6) is 5.75 Å². The van der Waals surface area contributed by atoms with Gasteiger partial charge in [-0.2, -0.15) is 0 Å². The van der Waals surface area contributed by atoms with E-state index in [-0.39, 0.29) is 18.1 Å². The van der Waals surface area contributed by atoms with Crippen LogP contribution in [-0.2, 0) is 4.74 Å². The van der Waals surface area contributed by atoms with Gasteiger partial charge in [0.1, 0.15) is 11.4 Å². The first-order valence-corrected chi connectivity index (χ1v) is 4.27. The number of rotatable bonds is 0. The van der Waals surface area contributed by atoms with E-state index in [4.69, 9.17) is 4.74 Å². The molecule has 1 aromatic rings. The summed E-state index contributed by atoms with van der Waals surface area (Å²) < 4.78 is 23.1. The number of hydrogen-bond donors (Lipinski definition) is 0. The highest BCUT2D eigenvalue weighted by molar-refractivity contribution is 9.10. The highest BCUT2D eigenvalue weighted by Crippen LogP contribution is 2.33. The van der Waals surface area contributed by atoms with Crippen molar-refractivity contribution in [2.45, 2.75) is 0 Å². The zero-order valence-corrected chi connectivity index (χ0v) is 7.93. The molecule has 3 nitrogen and oxygen atoms in total. The Morgan fingerprint density at radius 3 is 2.85 bits per heavy atom. The lowest BCUT2D eigenvalue weighted by atomic mass is 10.2. The lowest BCUT2D eigenvalue weighted by Crippen LogP contribution is -2.20. The molecule has 0 radical (unpaired) electrons. The molecule has 1 aliphatic rings. The van der Waals surface area contributed by atoms with Crippen LogP contribution in [0.4, 0.5) is 4.39 Å². The maximum absolute atomic E-state index is 13.1. The van der Waals surface area contributed by atoms with Crippen molar-refractivity contribution in [3.8, 4) is 5.75 Å². The predicted octanol–water partition coefficient (Wildman–Crippen LogP) is 2.09. The average Bonchev–Trinajstić information content (AvgIpc) is 2.12. The molecule has 1 aliphatic heterocycles. The molecule has 0 bridgehead atoms. The van der Waals surface area contributed by atoms with Crippen LogP contribution in [0, 0.1) is 5.82 Å². The van der Waals surface area contributed by atoms with E-state index < -0.39 is 11.8 Å². The van der Waals surface area contributed by atoms with E-state index in [1.54, 1.807) is 0 Å². The molecule has 0 N–H and O–H groups in total. The SMILES string of the molecule is O=C1OCOc2c(Br)ccc(F)c21. The molecule has 2 rings (SSSR count). The van der Waals surface area contributed by atoms with Gasteiger partial charge in [-0.1, -0.05) is 0 Å². The Bertz CT molecular complexity index is 378. The van der Waals surface area contributed by atoms with Crippen LogP contribution in [-0.4, -0.2) is 12.8 Å². The second-order valence-electron chi connectivity index (χ2n) is 2.43. The van der Waals surface area contributed by atoms with Crippen molar-refractivity contribution in [1.82, 2.24) is 0 Å². The zero-order valence-electron chi connectivity index (χ0n) is 6.34. The van der Waals surface area contributed by atoms with E-state index in [0.717, 1.165) is 0 Å². The summed E-state index contributed by atoms with van der Waals surface area (Å²) in [6.45, 7) is -0.173. The summed E-state index contributed by atoms with van der Waals surface area (Å²) >= 11 is 3.14. The van der Waals surface area contributed by atoms with Crippen molar-refractivity contribution in [2.75, 3.05) is 6.79 Å². The molecule has 1 heterocycles. The maximum atomic E-state index is 13.1. The Balaban J connectivity index is 2.67. The number of fused-ring (bicyclic) bond motifs is 1. The summed E-state index contributed by atoms with van der Waals surface area (Å²) in [6.07, 6.45) is 0. The van der Waals surface area contributed by atoms with Crippen molar-refractivity contribution in [3.63, 3.8) is 0 Å². The Kier molecular flexibility index (Phi) is 1.95. The maximum Gasteiger partial charge on any atom is 0.347 e. The van der Waals surface area contributed by atoms with E-state index in [2.05, 4.69) is 20.7 Å². The molecule has 0 unspecified atom stereocenters. The summed E-state index contributed by atoms with van der Waals surface area (Å²) in [4.78, 5) is 11.1. The number of halogens is 2. The number of ether oxygens (including phenoxy) is 2. The van der Waals surface area contributed by atoms with Gasteiger partial charge in [0.25, 0.3) is 0 Å². The van der Waals surface area contributed by atoms with Gasteiger partial charge in [-0.15, -0.1) is 0 Å². The molecule has 0 aromatic heterocycles. The fraction of sp³-hybridized carbons (Fsp3) is 0.125. The minimum atomic E-state index is -0.694. The fourth-order valence-corrected chi connectivity index (χ4v) is 1.52. The van der Waals surface area contributed by atoms with Crippen molar-refractivity contribution in [3.05, 3.63) is 28.0 Å². The second kappa shape index (κ2) is 2.99. The fourth-order valence-electron chi connectivity index (χ4n) is 1.08. The highest BCUT2D eigenvalue weighted by Gasteiger charge is 2.26. The molecule has 0 fully saturated rings. The summed E-state index contributed by atoms with van der Waals surface area (Å²) in [7, 11) is 0. The summed E-state index contributed by atoms with van der Waals surface area (Å²) in [6, 6.07) is 2.66. The van der Waals surface area contributed by atoms with Crippen LogP contribution in [0.2, 0.25) is 0 Å². The number of benzene rings is 1. The van der Waals surface area contributed by atoms with Gasteiger partial charge in [-0.25, -0.2) is 9.18 Å². The molecule has 68 valence electrons. The van der Waals surface area contributed by atoms with Gasteiger partial charge in [0.15, 0.2) is 5.75 Å². The minimum absolute atomic E-state index is 0.152. The Morgan fingerprint density at radius 1 is 1.38 bits per heavy atom. The number of hydrogen-bond acceptors (Lipinski definition) is 3. The molecule has 0 atom stereocenters. The van der Waals surface area contributed by atoms with Crippen LogP contribution in [0.25, 0.3) is 0 Å². The predicted molar refractivity (Wildman–Crippen MR) is 45.0 cm³/mol. The molecule has 0 amide bonds. The average molecular weight is 247 g/mol. The minimum Gasteiger partial charge on any atom is -0.455 e. The molecule has 0 spiro atoms. The van der Waals surface area contributed by atoms with E-state index in [9.17, 15) is 9.18 Å². The third kappa shape index (κ3) is 1.29. The molecular weight excluding hydrogens is 243 g/mol. The second-order valence-corrected chi connectivity index (χ2v) is 3.28. The van der Waals surface area contributed by atoms with Gasteiger partial charge in [0.2, 0.25) is 6.79 Å². The zero-order chi connectivity index (χ0) is 9.42. The summed E-state index contributed by atoms with van der Waals surface area (Å²) in [5.41, 5.74) is -0.152. The number of carbonyl (C=O) groups is 1. The van der Waals surface area contributed by atoms with Crippen LogP contribution < -0.4 is 4.74 Å². The van der Waals surface area contributed by atoms with Gasteiger partial charge >= 0.3 is 5.97 Å². The molecule has 5 heteroatoms. The van der Waals surface area contributed by atoms with Gasteiger partial charge < -0.3 is 9.47 Å². The third-order valence-electron chi connectivity index (χ3n) is 1.66. The number of cyclic esters (lactones) is 1. The van der Waals surface area contributed by atoms with Gasteiger partial charge in [0, 0.05) is 0 Å². The standard InChI is InChI=1S/C8H4BrFO3/c9-4-1-2-5(10)6-7(4)12-3-13-8(6)11/h1-2H,3H2. The topological polar surface area (TPSA) is 35.5 Å². The van der Waals surface area contributed by atoms with E-state index in [1.165, 1.54) is 12.1 Å². The Labute approximate surface area is 81.6 Å². The Morgan fingerprint density at radius 2 is 2.15 bits per heavy atom. The van der Waals surface area contributed by atoms with Gasteiger partial charge in [-0.3, -0.25) is 0 Å². The third-order valence-corrected chi connectivity index (χ3v) is 2.28. The molecule has 0 aliphatic carbocycles. The van der Waals surface area contributed by atoms with Crippen LogP contribution >= 0.6 is 15.9 Å². The van der Waals surface area contributed by atoms with Crippen LogP contribution in [0.1, 0.15) is 10.4 Å². The first-order valence-electron chi connectivity index (χ1n) is 3.48. The van der Waals surface area contributed by atoms with Crippen molar-refractivity contribution in [1.29, 1.82) is 0 Å². The smallest absolute Gasteiger partial charge is 0.347 e. The summed E-state index contributed by atoms with van der Waals surface area (Å²) in [5, 5.41) is 0. The monoisotopic (exact) mass is 246 g/mol.